The fourth-order valence-corrected chi connectivity index (χ4v) is 4.16. The van der Waals surface area contributed by atoms with E-state index in [0.717, 1.165) is 0 Å². The Bertz CT molecular complexity index is 1070. The van der Waals surface area contributed by atoms with E-state index in [2.05, 4.69) is 121 Å². The summed E-state index contributed by atoms with van der Waals surface area (Å²) in [6, 6.07) is 24.4. The first-order valence-electron chi connectivity index (χ1n) is 10.5. The van der Waals surface area contributed by atoms with Crippen LogP contribution in [0.4, 0.5) is 0 Å². The van der Waals surface area contributed by atoms with Gasteiger partial charge >= 0.3 is 0 Å². The minimum Gasteiger partial charge on any atom is -0.0622 e. The van der Waals surface area contributed by atoms with Crippen LogP contribution < -0.4 is 0 Å². The van der Waals surface area contributed by atoms with Crippen molar-refractivity contribution >= 4 is 11.6 Å². The lowest BCUT2D eigenvalue weighted by Gasteiger charge is -2.27. The summed E-state index contributed by atoms with van der Waals surface area (Å²) in [4.78, 5) is 0. The summed E-state index contributed by atoms with van der Waals surface area (Å²) < 4.78 is 0. The van der Waals surface area contributed by atoms with Gasteiger partial charge < -0.3 is 0 Å². The molecule has 3 aromatic carbocycles. The molecule has 0 unspecified atom stereocenters. The lowest BCUT2D eigenvalue weighted by atomic mass is 9.77. The van der Waals surface area contributed by atoms with Crippen LogP contribution in [0, 0.1) is 6.42 Å². The van der Waals surface area contributed by atoms with E-state index in [0.29, 0.717) is 0 Å². The molecule has 1 aliphatic carbocycles. The summed E-state index contributed by atoms with van der Waals surface area (Å²) in [6.07, 6.45) is 4.74. The van der Waals surface area contributed by atoms with Crippen LogP contribution in [0.2, 0.25) is 0 Å². The second-order valence-electron chi connectivity index (χ2n) is 10.2. The van der Waals surface area contributed by atoms with Crippen LogP contribution in [0.3, 0.4) is 0 Å². The minimum atomic E-state index is 0.0947. The Balaban J connectivity index is 1.87. The van der Waals surface area contributed by atoms with Gasteiger partial charge in [-0.05, 0) is 61.4 Å². The molecule has 0 saturated carbocycles. The van der Waals surface area contributed by atoms with E-state index in [4.69, 9.17) is 0 Å². The summed E-state index contributed by atoms with van der Waals surface area (Å²) >= 11 is 0. The molecule has 0 bridgehead atoms. The molecule has 3 aromatic rings. The third-order valence-electron chi connectivity index (χ3n) is 5.84. The molecule has 0 amide bonds. The number of allylic oxidation sites excluding steroid dienone is 1. The van der Waals surface area contributed by atoms with Gasteiger partial charge in [0, 0.05) is 6.42 Å². The molecule has 1 radical (unpaired) electrons. The second kappa shape index (κ2) is 7.02. The highest BCUT2D eigenvalue weighted by Gasteiger charge is 2.26. The fourth-order valence-electron chi connectivity index (χ4n) is 4.16. The zero-order chi connectivity index (χ0) is 20.8. The van der Waals surface area contributed by atoms with Crippen molar-refractivity contribution in [2.45, 2.75) is 52.4 Å². The normalized spacial score (nSPS) is 13.9. The van der Waals surface area contributed by atoms with Gasteiger partial charge in [-0.2, -0.15) is 0 Å². The molecule has 0 N–H and O–H groups in total. The van der Waals surface area contributed by atoms with Crippen LogP contribution in [-0.2, 0) is 10.8 Å². The molecule has 1 aliphatic rings. The van der Waals surface area contributed by atoms with Crippen molar-refractivity contribution in [2.24, 2.45) is 0 Å². The summed E-state index contributed by atoms with van der Waals surface area (Å²) in [5, 5.41) is 0. The summed E-state index contributed by atoms with van der Waals surface area (Å²) in [5.74, 6) is 0. The van der Waals surface area contributed by atoms with Gasteiger partial charge in [0.15, 0.2) is 0 Å². The number of rotatable bonds is 2. The Morgan fingerprint density at radius 3 is 2.00 bits per heavy atom. The zero-order valence-electron chi connectivity index (χ0n) is 18.5. The summed E-state index contributed by atoms with van der Waals surface area (Å²) in [5.41, 5.74) is 10.9. The van der Waals surface area contributed by atoms with Gasteiger partial charge in [0.1, 0.15) is 0 Å². The van der Waals surface area contributed by atoms with Crippen LogP contribution in [0.15, 0.2) is 66.7 Å². The minimum absolute atomic E-state index is 0.0947. The zero-order valence-corrected chi connectivity index (χ0v) is 18.5. The molecule has 0 saturated heterocycles. The predicted molar refractivity (Wildman–Crippen MR) is 127 cm³/mol. The van der Waals surface area contributed by atoms with E-state index < -0.39 is 0 Å². The lowest BCUT2D eigenvalue weighted by Crippen LogP contribution is -2.17. The highest BCUT2D eigenvalue weighted by molar-refractivity contribution is 5.99. The van der Waals surface area contributed by atoms with Gasteiger partial charge in [0.05, 0.1) is 0 Å². The lowest BCUT2D eigenvalue weighted by molar-refractivity contribution is 0.575. The maximum absolute atomic E-state index is 2.41. The van der Waals surface area contributed by atoms with E-state index in [1.54, 1.807) is 0 Å². The van der Waals surface area contributed by atoms with Crippen LogP contribution in [-0.4, -0.2) is 0 Å². The van der Waals surface area contributed by atoms with Crippen molar-refractivity contribution in [3.8, 4) is 11.1 Å². The van der Waals surface area contributed by atoms with Gasteiger partial charge in [-0.1, -0.05) is 108 Å². The Hall–Kier alpha value is -2.60. The van der Waals surface area contributed by atoms with Crippen LogP contribution in [0.5, 0.6) is 0 Å². The highest BCUT2D eigenvalue weighted by Crippen LogP contribution is 2.42. The average Bonchev–Trinajstić information content (AvgIpc) is 3.11. The van der Waals surface area contributed by atoms with Gasteiger partial charge in [-0.15, -0.1) is 0 Å². The number of hydrogen-bond donors (Lipinski definition) is 0. The maximum Gasteiger partial charge on any atom is 0.0212 e. The number of benzene rings is 3. The maximum atomic E-state index is 2.41. The molecule has 0 nitrogen and oxygen atoms in total. The monoisotopic (exact) mass is 379 g/mol. The first kappa shape index (κ1) is 19.7. The summed E-state index contributed by atoms with van der Waals surface area (Å²) in [7, 11) is 0. The first-order chi connectivity index (χ1) is 13.6. The largest absolute Gasteiger partial charge is 0.0622 e. The van der Waals surface area contributed by atoms with Crippen LogP contribution in [0.1, 0.15) is 69.4 Å². The fraction of sp³-hybridized carbons (Fsp3) is 0.276. The molecule has 0 heterocycles. The molecule has 0 heteroatoms. The van der Waals surface area contributed by atoms with E-state index in [1.807, 2.05) is 0 Å². The highest BCUT2D eigenvalue weighted by atomic mass is 14.3. The Kier molecular flexibility index (Phi) is 4.77. The van der Waals surface area contributed by atoms with E-state index in [9.17, 15) is 0 Å². The Morgan fingerprint density at radius 1 is 0.621 bits per heavy atom. The number of fused-ring (bicyclic) bond motifs is 1. The topological polar surface area (TPSA) is 0 Å². The smallest absolute Gasteiger partial charge is 0.0212 e. The van der Waals surface area contributed by atoms with E-state index >= 15 is 0 Å². The van der Waals surface area contributed by atoms with Gasteiger partial charge in [-0.3, -0.25) is 0 Å². The number of hydrogen-bond acceptors (Lipinski definition) is 0. The van der Waals surface area contributed by atoms with Gasteiger partial charge in [-0.25, -0.2) is 0 Å². The molecule has 0 atom stereocenters. The average molecular weight is 380 g/mol. The molecular formula is C29H31. The third kappa shape index (κ3) is 3.81. The standard InChI is InChI=1S/C29H31/c1-28(2,3)23-15-16-27(29(4,5)6)26(19-23)22-17-21-13-10-14-24(25(21)18-22)20-11-8-7-9-12-20/h7-19H,1-6H3. The van der Waals surface area contributed by atoms with E-state index in [1.165, 1.54) is 44.5 Å². The molecule has 0 fully saturated rings. The van der Waals surface area contributed by atoms with Crippen molar-refractivity contribution in [1.29, 1.82) is 0 Å². The third-order valence-corrected chi connectivity index (χ3v) is 5.84. The van der Waals surface area contributed by atoms with Crippen molar-refractivity contribution in [3.63, 3.8) is 0 Å². The first-order valence-corrected chi connectivity index (χ1v) is 10.5. The predicted octanol–water partition coefficient (Wildman–Crippen LogP) is 8.06. The Morgan fingerprint density at radius 2 is 1.34 bits per heavy atom. The molecule has 4 rings (SSSR count). The second-order valence-corrected chi connectivity index (χ2v) is 10.2. The molecule has 0 spiro atoms. The van der Waals surface area contributed by atoms with Crippen LogP contribution in [0.25, 0.3) is 22.8 Å². The molecule has 147 valence electrons. The summed E-state index contributed by atoms with van der Waals surface area (Å²) in [6.45, 7) is 13.8. The van der Waals surface area contributed by atoms with E-state index in [-0.39, 0.29) is 10.8 Å². The van der Waals surface area contributed by atoms with Crippen molar-refractivity contribution in [1.82, 2.24) is 0 Å². The molecule has 29 heavy (non-hydrogen) atoms. The SMILES string of the molecule is CC(C)(C)c1ccc(C(C)(C)C)c(C2=Cc3c(cccc3-c3ccccc3)[CH]2)c1. The van der Waals surface area contributed by atoms with Gasteiger partial charge in [0.25, 0.3) is 0 Å². The van der Waals surface area contributed by atoms with Gasteiger partial charge in [0.2, 0.25) is 0 Å². The van der Waals surface area contributed by atoms with Crippen LogP contribution >= 0.6 is 0 Å². The van der Waals surface area contributed by atoms with Crippen molar-refractivity contribution in [3.05, 3.63) is 101 Å². The van der Waals surface area contributed by atoms with Crippen molar-refractivity contribution in [2.75, 3.05) is 0 Å². The Labute approximate surface area is 176 Å². The molecule has 0 aromatic heterocycles. The molecular weight excluding hydrogens is 348 g/mol. The quantitative estimate of drug-likeness (QED) is 0.422. The van der Waals surface area contributed by atoms with Crippen molar-refractivity contribution < 1.29 is 0 Å². The molecule has 0 aliphatic heterocycles.